The summed E-state index contributed by atoms with van der Waals surface area (Å²) in [6.45, 7) is 1.73. The van der Waals surface area contributed by atoms with Crippen molar-refractivity contribution in [3.8, 4) is 0 Å². The predicted octanol–water partition coefficient (Wildman–Crippen LogP) is 4.17. The van der Waals surface area contributed by atoms with E-state index in [0.29, 0.717) is 5.02 Å². The van der Waals surface area contributed by atoms with E-state index in [1.165, 1.54) is 12.1 Å². The van der Waals surface area contributed by atoms with Crippen molar-refractivity contribution in [3.63, 3.8) is 0 Å². The van der Waals surface area contributed by atoms with Crippen LogP contribution < -0.4 is 0 Å². The van der Waals surface area contributed by atoms with Gasteiger partial charge in [0, 0.05) is 17.0 Å². The molecule has 1 rings (SSSR count). The number of benzene rings is 1. The molecule has 0 saturated heterocycles. The van der Waals surface area contributed by atoms with Gasteiger partial charge in [0.15, 0.2) is 5.78 Å². The van der Waals surface area contributed by atoms with Gasteiger partial charge in [0.1, 0.15) is 0 Å². The Bertz CT molecular complexity index is 378. The molecular formula is C11H10ClF3O. The molecule has 0 N–H and O–H groups in total. The fourth-order valence-corrected chi connectivity index (χ4v) is 1.59. The number of ketones is 1. The minimum atomic E-state index is -4.30. The number of carbonyl (C=O) groups is 1. The second kappa shape index (κ2) is 4.87. The maximum Gasteiger partial charge on any atom is 0.389 e. The lowest BCUT2D eigenvalue weighted by atomic mass is 10.0. The highest BCUT2D eigenvalue weighted by atomic mass is 35.5. The van der Waals surface area contributed by atoms with Crippen LogP contribution in [0.1, 0.15) is 28.8 Å². The smallest absolute Gasteiger partial charge is 0.294 e. The van der Waals surface area contributed by atoms with E-state index in [2.05, 4.69) is 0 Å². The van der Waals surface area contributed by atoms with Crippen molar-refractivity contribution in [2.75, 3.05) is 0 Å². The Hall–Kier alpha value is -1.03. The summed E-state index contributed by atoms with van der Waals surface area (Å²) < 4.78 is 35.7. The van der Waals surface area contributed by atoms with E-state index in [1.54, 1.807) is 13.0 Å². The fraction of sp³-hybridized carbons (Fsp3) is 0.364. The molecule has 0 saturated carbocycles. The van der Waals surface area contributed by atoms with Crippen LogP contribution in [0.15, 0.2) is 18.2 Å². The second-order valence-corrected chi connectivity index (χ2v) is 3.99. The zero-order valence-electron chi connectivity index (χ0n) is 8.57. The SMILES string of the molecule is Cc1cc(Cl)cc(C(=O)CCC(F)(F)F)c1. The third-order valence-electron chi connectivity index (χ3n) is 2.00. The molecule has 1 nitrogen and oxygen atoms in total. The Morgan fingerprint density at radius 3 is 2.44 bits per heavy atom. The summed E-state index contributed by atoms with van der Waals surface area (Å²) in [5, 5.41) is 0.357. The molecule has 1 aromatic rings. The highest BCUT2D eigenvalue weighted by Gasteiger charge is 2.28. The first-order valence-electron chi connectivity index (χ1n) is 4.65. The van der Waals surface area contributed by atoms with Crippen molar-refractivity contribution in [1.82, 2.24) is 0 Å². The third kappa shape index (κ3) is 4.23. The largest absolute Gasteiger partial charge is 0.389 e. The predicted molar refractivity (Wildman–Crippen MR) is 55.8 cm³/mol. The summed E-state index contributed by atoms with van der Waals surface area (Å²) in [6.07, 6.45) is -5.94. The van der Waals surface area contributed by atoms with Gasteiger partial charge in [0.25, 0.3) is 0 Å². The zero-order chi connectivity index (χ0) is 12.3. The van der Waals surface area contributed by atoms with E-state index < -0.39 is 24.8 Å². The van der Waals surface area contributed by atoms with Crippen LogP contribution in [0.5, 0.6) is 0 Å². The van der Waals surface area contributed by atoms with Crippen LogP contribution >= 0.6 is 11.6 Å². The Morgan fingerprint density at radius 2 is 1.94 bits per heavy atom. The van der Waals surface area contributed by atoms with Crippen LogP contribution in [0.3, 0.4) is 0 Å². The molecule has 0 heterocycles. The molecule has 1 aromatic carbocycles. The molecule has 0 bridgehead atoms. The van der Waals surface area contributed by atoms with E-state index in [1.807, 2.05) is 0 Å². The van der Waals surface area contributed by atoms with E-state index >= 15 is 0 Å². The lowest BCUT2D eigenvalue weighted by Crippen LogP contribution is -2.11. The quantitative estimate of drug-likeness (QED) is 0.736. The van der Waals surface area contributed by atoms with Gasteiger partial charge in [-0.25, -0.2) is 0 Å². The number of alkyl halides is 3. The van der Waals surface area contributed by atoms with Crippen LogP contribution in [0.2, 0.25) is 5.02 Å². The topological polar surface area (TPSA) is 17.1 Å². The molecule has 0 aromatic heterocycles. The van der Waals surface area contributed by atoms with E-state index in [0.717, 1.165) is 5.56 Å². The number of rotatable bonds is 3. The molecule has 0 aliphatic rings. The van der Waals surface area contributed by atoms with Gasteiger partial charge >= 0.3 is 6.18 Å². The van der Waals surface area contributed by atoms with E-state index in [4.69, 9.17) is 11.6 Å². The highest BCUT2D eigenvalue weighted by Crippen LogP contribution is 2.23. The van der Waals surface area contributed by atoms with Crippen LogP contribution in [0.4, 0.5) is 13.2 Å². The minimum absolute atomic E-state index is 0.231. The standard InChI is InChI=1S/C11H10ClF3O/c1-7-4-8(6-9(12)5-7)10(16)2-3-11(13,14)15/h4-6H,2-3H2,1H3. The van der Waals surface area contributed by atoms with E-state index in [-0.39, 0.29) is 5.56 Å². The van der Waals surface area contributed by atoms with Crippen molar-refractivity contribution in [2.24, 2.45) is 0 Å². The number of halogens is 4. The molecule has 0 atom stereocenters. The summed E-state index contributed by atoms with van der Waals surface area (Å²) in [4.78, 5) is 11.4. The summed E-state index contributed by atoms with van der Waals surface area (Å²) in [5.41, 5.74) is 0.983. The lowest BCUT2D eigenvalue weighted by molar-refractivity contribution is -0.133. The van der Waals surface area contributed by atoms with Gasteiger partial charge in [0.2, 0.25) is 0 Å². The van der Waals surface area contributed by atoms with Crippen molar-refractivity contribution < 1.29 is 18.0 Å². The Kier molecular flexibility index (Phi) is 3.97. The minimum Gasteiger partial charge on any atom is -0.294 e. The van der Waals surface area contributed by atoms with Crippen LogP contribution in [0, 0.1) is 6.92 Å². The zero-order valence-corrected chi connectivity index (χ0v) is 9.32. The highest BCUT2D eigenvalue weighted by molar-refractivity contribution is 6.31. The van der Waals surface area contributed by atoms with Crippen LogP contribution in [-0.4, -0.2) is 12.0 Å². The van der Waals surface area contributed by atoms with E-state index in [9.17, 15) is 18.0 Å². The third-order valence-corrected chi connectivity index (χ3v) is 2.22. The molecule has 0 fully saturated rings. The maximum atomic E-state index is 11.9. The van der Waals surface area contributed by atoms with Crippen LogP contribution in [-0.2, 0) is 0 Å². The molecule has 0 aliphatic carbocycles. The van der Waals surface area contributed by atoms with Gasteiger partial charge < -0.3 is 0 Å². The van der Waals surface area contributed by atoms with Crippen molar-refractivity contribution >= 4 is 17.4 Å². The van der Waals surface area contributed by atoms with Crippen LogP contribution in [0.25, 0.3) is 0 Å². The van der Waals surface area contributed by atoms with Gasteiger partial charge in [-0.05, 0) is 30.7 Å². The molecule has 5 heteroatoms. The van der Waals surface area contributed by atoms with Gasteiger partial charge in [-0.3, -0.25) is 4.79 Å². The number of Topliss-reactive ketones (excluding diaryl/α,β-unsaturated/α-hetero) is 1. The molecular weight excluding hydrogens is 241 g/mol. The number of hydrogen-bond donors (Lipinski definition) is 0. The maximum absolute atomic E-state index is 11.9. The average Bonchev–Trinajstić information content (AvgIpc) is 2.11. The number of aryl methyl sites for hydroxylation is 1. The molecule has 16 heavy (non-hydrogen) atoms. The average molecular weight is 251 g/mol. The fourth-order valence-electron chi connectivity index (χ4n) is 1.30. The first kappa shape index (κ1) is 13.0. The second-order valence-electron chi connectivity index (χ2n) is 3.56. The molecule has 0 unspecified atom stereocenters. The van der Waals surface area contributed by atoms with Crippen molar-refractivity contribution in [3.05, 3.63) is 34.3 Å². The number of carbonyl (C=O) groups excluding carboxylic acids is 1. The first-order valence-corrected chi connectivity index (χ1v) is 5.03. The Morgan fingerprint density at radius 1 is 1.31 bits per heavy atom. The monoisotopic (exact) mass is 250 g/mol. The molecule has 0 amide bonds. The lowest BCUT2D eigenvalue weighted by Gasteiger charge is -2.06. The summed E-state index contributed by atoms with van der Waals surface area (Å²) in [6, 6.07) is 4.56. The van der Waals surface area contributed by atoms with Crippen molar-refractivity contribution in [2.45, 2.75) is 25.9 Å². The van der Waals surface area contributed by atoms with Gasteiger partial charge in [-0.1, -0.05) is 11.6 Å². The first-order chi connectivity index (χ1) is 7.28. The summed E-state index contributed by atoms with van der Waals surface area (Å²) >= 11 is 5.71. The normalized spacial score (nSPS) is 11.6. The number of hydrogen-bond acceptors (Lipinski definition) is 1. The van der Waals surface area contributed by atoms with Crippen molar-refractivity contribution in [1.29, 1.82) is 0 Å². The summed E-state index contributed by atoms with van der Waals surface area (Å²) in [7, 11) is 0. The van der Waals surface area contributed by atoms with Gasteiger partial charge in [0.05, 0.1) is 6.42 Å². The van der Waals surface area contributed by atoms with Gasteiger partial charge in [-0.2, -0.15) is 13.2 Å². The molecule has 0 aliphatic heterocycles. The van der Waals surface area contributed by atoms with Gasteiger partial charge in [-0.15, -0.1) is 0 Å². The molecule has 0 spiro atoms. The molecule has 88 valence electrons. The Labute approximate surface area is 96.2 Å². The Balaban J connectivity index is 2.73. The summed E-state index contributed by atoms with van der Waals surface area (Å²) in [5.74, 6) is -0.539. The molecule has 0 radical (unpaired) electrons.